The molecule has 3 N–H and O–H groups in total. The van der Waals surface area contributed by atoms with Crippen LogP contribution in [-0.2, 0) is 0 Å². The molecule has 8 heteroatoms. The summed E-state index contributed by atoms with van der Waals surface area (Å²) < 4.78 is 13.4. The normalized spacial score (nSPS) is 10.4. The number of carbonyl (C=O) groups is 1. The maximum atomic E-state index is 13.4. The Kier molecular flexibility index (Phi) is 4.69. The van der Waals surface area contributed by atoms with Crippen molar-refractivity contribution in [1.82, 2.24) is 5.32 Å². The maximum absolute atomic E-state index is 13.4. The number of aliphatic hydroxyl groups is 2. The Balaban J connectivity index is 2.90. The number of rotatable bonds is 5. The van der Waals surface area contributed by atoms with Gasteiger partial charge in [0.2, 0.25) is 0 Å². The van der Waals surface area contributed by atoms with E-state index >= 15 is 0 Å². The maximum Gasteiger partial charge on any atom is 0.272 e. The van der Waals surface area contributed by atoms with Gasteiger partial charge < -0.3 is 15.5 Å². The SMILES string of the molecule is O=C(NC(CO)CO)c1ccc([N+](=O)[O-])cc1F. The first kappa shape index (κ1) is 14.0. The fourth-order valence-corrected chi connectivity index (χ4v) is 1.21. The van der Waals surface area contributed by atoms with Crippen molar-refractivity contribution in [2.45, 2.75) is 6.04 Å². The third-order valence-corrected chi connectivity index (χ3v) is 2.18. The fourth-order valence-electron chi connectivity index (χ4n) is 1.21. The number of hydrogen-bond donors (Lipinski definition) is 3. The summed E-state index contributed by atoms with van der Waals surface area (Å²) >= 11 is 0. The average Bonchev–Trinajstić information content (AvgIpc) is 2.35. The first-order valence-electron chi connectivity index (χ1n) is 4.96. The zero-order chi connectivity index (χ0) is 13.7. The van der Waals surface area contributed by atoms with Gasteiger partial charge in [-0.15, -0.1) is 0 Å². The highest BCUT2D eigenvalue weighted by Gasteiger charge is 2.18. The van der Waals surface area contributed by atoms with Crippen molar-refractivity contribution in [3.63, 3.8) is 0 Å². The topological polar surface area (TPSA) is 113 Å². The van der Waals surface area contributed by atoms with Crippen LogP contribution in [0.2, 0.25) is 0 Å². The van der Waals surface area contributed by atoms with Gasteiger partial charge in [0.1, 0.15) is 5.82 Å². The Bertz CT molecular complexity index is 462. The summed E-state index contributed by atoms with van der Waals surface area (Å²) in [4.78, 5) is 21.1. The molecule has 0 aliphatic carbocycles. The molecule has 0 unspecified atom stereocenters. The molecule has 18 heavy (non-hydrogen) atoms. The number of benzene rings is 1. The Morgan fingerprint density at radius 1 is 1.44 bits per heavy atom. The van der Waals surface area contributed by atoms with Crippen molar-refractivity contribution in [2.24, 2.45) is 0 Å². The summed E-state index contributed by atoms with van der Waals surface area (Å²) in [7, 11) is 0. The van der Waals surface area contributed by atoms with Crippen LogP contribution in [0.5, 0.6) is 0 Å². The van der Waals surface area contributed by atoms with Crippen LogP contribution >= 0.6 is 0 Å². The van der Waals surface area contributed by atoms with Gasteiger partial charge in [-0.05, 0) is 6.07 Å². The minimum absolute atomic E-state index is 0.396. The summed E-state index contributed by atoms with van der Waals surface area (Å²) in [6.45, 7) is -1.01. The number of nitro benzene ring substituents is 1. The molecule has 0 saturated carbocycles. The zero-order valence-electron chi connectivity index (χ0n) is 9.17. The molecule has 0 fully saturated rings. The van der Waals surface area contributed by atoms with Crippen LogP contribution in [0.25, 0.3) is 0 Å². The third-order valence-electron chi connectivity index (χ3n) is 2.18. The molecule has 7 nitrogen and oxygen atoms in total. The highest BCUT2D eigenvalue weighted by atomic mass is 19.1. The predicted molar refractivity (Wildman–Crippen MR) is 58.5 cm³/mol. The number of aliphatic hydroxyl groups excluding tert-OH is 2. The van der Waals surface area contributed by atoms with Crippen LogP contribution in [0.4, 0.5) is 10.1 Å². The molecule has 0 bridgehead atoms. The van der Waals surface area contributed by atoms with Crippen LogP contribution in [0.15, 0.2) is 18.2 Å². The number of nitrogens with one attached hydrogen (secondary N) is 1. The number of nitrogens with zero attached hydrogens (tertiary/aromatic N) is 1. The summed E-state index contributed by atoms with van der Waals surface area (Å²) in [6.07, 6.45) is 0. The standard InChI is InChI=1S/C10H11FN2O5/c11-9-3-7(13(17)18)1-2-8(9)10(16)12-6(4-14)5-15/h1-3,6,14-15H,4-5H2,(H,12,16). The van der Waals surface area contributed by atoms with Crippen LogP contribution < -0.4 is 5.32 Å². The van der Waals surface area contributed by atoms with E-state index in [1.54, 1.807) is 0 Å². The number of non-ortho nitro benzene ring substituents is 1. The van der Waals surface area contributed by atoms with E-state index in [1.807, 2.05) is 0 Å². The molecule has 1 amide bonds. The summed E-state index contributed by atoms with van der Waals surface area (Å²) in [5, 5.41) is 30.1. The van der Waals surface area contributed by atoms with Gasteiger partial charge in [-0.1, -0.05) is 0 Å². The second-order valence-electron chi connectivity index (χ2n) is 3.46. The number of halogens is 1. The molecular formula is C10H11FN2O5. The highest BCUT2D eigenvalue weighted by Crippen LogP contribution is 2.16. The molecular weight excluding hydrogens is 247 g/mol. The van der Waals surface area contributed by atoms with Gasteiger partial charge in [0.05, 0.1) is 35.8 Å². The molecule has 0 heterocycles. The molecule has 1 aromatic rings. The Morgan fingerprint density at radius 3 is 2.50 bits per heavy atom. The lowest BCUT2D eigenvalue weighted by atomic mass is 10.1. The van der Waals surface area contributed by atoms with Crippen molar-refractivity contribution in [3.05, 3.63) is 39.7 Å². The van der Waals surface area contributed by atoms with Gasteiger partial charge in [0.25, 0.3) is 11.6 Å². The number of carbonyl (C=O) groups excluding carboxylic acids is 1. The molecule has 0 radical (unpaired) electrons. The van der Waals surface area contributed by atoms with Crippen molar-refractivity contribution >= 4 is 11.6 Å². The summed E-state index contributed by atoms with van der Waals surface area (Å²) in [5.41, 5.74) is -0.864. The molecule has 98 valence electrons. The van der Waals surface area contributed by atoms with E-state index in [2.05, 4.69) is 5.32 Å². The molecule has 1 rings (SSSR count). The lowest BCUT2D eigenvalue weighted by Gasteiger charge is -2.13. The molecule has 0 aliphatic rings. The van der Waals surface area contributed by atoms with Gasteiger partial charge in [0.15, 0.2) is 0 Å². The van der Waals surface area contributed by atoms with E-state index in [0.29, 0.717) is 6.07 Å². The van der Waals surface area contributed by atoms with E-state index in [9.17, 15) is 19.3 Å². The van der Waals surface area contributed by atoms with Crippen LogP contribution in [0, 0.1) is 15.9 Å². The van der Waals surface area contributed by atoms with Crippen LogP contribution in [-0.4, -0.2) is 40.3 Å². The van der Waals surface area contributed by atoms with Crippen molar-refractivity contribution < 1.29 is 24.3 Å². The van der Waals surface area contributed by atoms with E-state index in [0.717, 1.165) is 12.1 Å². The van der Waals surface area contributed by atoms with E-state index in [1.165, 1.54) is 0 Å². The van der Waals surface area contributed by atoms with Gasteiger partial charge >= 0.3 is 0 Å². The van der Waals surface area contributed by atoms with E-state index in [-0.39, 0.29) is 0 Å². The second-order valence-corrected chi connectivity index (χ2v) is 3.46. The lowest BCUT2D eigenvalue weighted by molar-refractivity contribution is -0.385. The Morgan fingerprint density at radius 2 is 2.06 bits per heavy atom. The van der Waals surface area contributed by atoms with Crippen LogP contribution in [0.3, 0.4) is 0 Å². The molecule has 0 aromatic heterocycles. The zero-order valence-corrected chi connectivity index (χ0v) is 9.17. The molecule has 1 aromatic carbocycles. The molecule has 0 atom stereocenters. The first-order chi connectivity index (χ1) is 8.49. The van der Waals surface area contributed by atoms with Crippen molar-refractivity contribution in [3.8, 4) is 0 Å². The molecule has 0 saturated heterocycles. The van der Waals surface area contributed by atoms with Gasteiger partial charge in [-0.2, -0.15) is 0 Å². The average molecular weight is 258 g/mol. The number of hydrogen-bond acceptors (Lipinski definition) is 5. The van der Waals surface area contributed by atoms with Crippen molar-refractivity contribution in [2.75, 3.05) is 13.2 Å². The van der Waals surface area contributed by atoms with E-state index in [4.69, 9.17) is 10.2 Å². The number of nitro groups is 1. The minimum atomic E-state index is -1.05. The van der Waals surface area contributed by atoms with Gasteiger partial charge in [-0.3, -0.25) is 14.9 Å². The second kappa shape index (κ2) is 6.03. The minimum Gasteiger partial charge on any atom is -0.394 e. The Labute approximate surface area is 101 Å². The monoisotopic (exact) mass is 258 g/mol. The summed E-state index contributed by atoms with van der Waals surface area (Å²) in [5.74, 6) is -1.91. The largest absolute Gasteiger partial charge is 0.394 e. The fraction of sp³-hybridized carbons (Fsp3) is 0.300. The van der Waals surface area contributed by atoms with Crippen molar-refractivity contribution in [1.29, 1.82) is 0 Å². The lowest BCUT2D eigenvalue weighted by Crippen LogP contribution is -2.40. The molecule has 0 aliphatic heterocycles. The summed E-state index contributed by atoms with van der Waals surface area (Å²) in [6, 6.07) is 1.67. The highest BCUT2D eigenvalue weighted by molar-refractivity contribution is 5.94. The van der Waals surface area contributed by atoms with E-state index < -0.39 is 47.2 Å². The predicted octanol–water partition coefficient (Wildman–Crippen LogP) is -0.183. The third kappa shape index (κ3) is 3.22. The van der Waals surface area contributed by atoms with Crippen LogP contribution in [0.1, 0.15) is 10.4 Å². The smallest absolute Gasteiger partial charge is 0.272 e. The van der Waals surface area contributed by atoms with Gasteiger partial charge in [-0.25, -0.2) is 4.39 Å². The van der Waals surface area contributed by atoms with Gasteiger partial charge in [0, 0.05) is 6.07 Å². The Hall–Kier alpha value is -2.06. The quantitative estimate of drug-likeness (QED) is 0.500. The number of amides is 1. The molecule has 0 spiro atoms. The first-order valence-corrected chi connectivity index (χ1v) is 4.96.